The molecule has 2 rings (SSSR count). The summed E-state index contributed by atoms with van der Waals surface area (Å²) in [4.78, 5) is 11.4. The number of carboxylic acid groups (broad SMARTS) is 1. The number of carbonyl (C=O) groups is 1. The van der Waals surface area contributed by atoms with Gasteiger partial charge in [-0.15, -0.1) is 0 Å². The molecule has 1 fully saturated rings. The van der Waals surface area contributed by atoms with Gasteiger partial charge in [0.1, 0.15) is 0 Å². The fourth-order valence-corrected chi connectivity index (χ4v) is 2.99. The first-order valence-corrected chi connectivity index (χ1v) is 6.61. The van der Waals surface area contributed by atoms with Crippen molar-refractivity contribution in [2.24, 2.45) is 11.8 Å². The molecule has 3 atom stereocenters. The van der Waals surface area contributed by atoms with Crippen LogP contribution in [0.1, 0.15) is 24.8 Å². The number of halogens is 1. The van der Waals surface area contributed by atoms with E-state index in [-0.39, 0.29) is 5.92 Å². The van der Waals surface area contributed by atoms with E-state index in [1.807, 2.05) is 12.1 Å². The van der Waals surface area contributed by atoms with E-state index in [0.29, 0.717) is 17.9 Å². The second-order valence-corrected chi connectivity index (χ2v) is 5.38. The summed E-state index contributed by atoms with van der Waals surface area (Å²) < 4.78 is 0. The van der Waals surface area contributed by atoms with Crippen LogP contribution in [0.5, 0.6) is 0 Å². The van der Waals surface area contributed by atoms with Crippen LogP contribution in [0, 0.1) is 11.8 Å². The second-order valence-electron chi connectivity index (χ2n) is 4.94. The Balaban J connectivity index is 2.14. The SMILES string of the molecule is O=C(O)C(Cc1cccc(Cl)c1)C1CCCC1O. The lowest BCUT2D eigenvalue weighted by atomic mass is 9.84. The van der Waals surface area contributed by atoms with Gasteiger partial charge >= 0.3 is 5.97 Å². The fraction of sp³-hybridized carbons (Fsp3) is 0.500. The molecule has 0 heterocycles. The standard InChI is InChI=1S/C14H17ClO3/c15-10-4-1-3-9(7-10)8-12(14(17)18)11-5-2-6-13(11)16/h1,3-4,7,11-13,16H,2,5-6,8H2,(H,17,18). The van der Waals surface area contributed by atoms with E-state index in [2.05, 4.69) is 0 Å². The van der Waals surface area contributed by atoms with Gasteiger partial charge < -0.3 is 10.2 Å². The first-order chi connectivity index (χ1) is 8.58. The summed E-state index contributed by atoms with van der Waals surface area (Å²) in [5.74, 6) is -1.50. The van der Waals surface area contributed by atoms with Crippen molar-refractivity contribution in [3.8, 4) is 0 Å². The minimum atomic E-state index is -0.832. The smallest absolute Gasteiger partial charge is 0.307 e. The third-order valence-electron chi connectivity index (χ3n) is 3.71. The van der Waals surface area contributed by atoms with E-state index < -0.39 is 18.0 Å². The Morgan fingerprint density at radius 1 is 1.44 bits per heavy atom. The predicted molar refractivity (Wildman–Crippen MR) is 69.6 cm³/mol. The van der Waals surface area contributed by atoms with Crippen molar-refractivity contribution in [3.05, 3.63) is 34.9 Å². The van der Waals surface area contributed by atoms with Crippen LogP contribution in [0.2, 0.25) is 5.02 Å². The molecule has 0 aliphatic heterocycles. The molecule has 1 aliphatic carbocycles. The van der Waals surface area contributed by atoms with Crippen molar-refractivity contribution in [1.82, 2.24) is 0 Å². The van der Waals surface area contributed by atoms with Gasteiger partial charge in [0.05, 0.1) is 12.0 Å². The number of carboxylic acids is 1. The maximum atomic E-state index is 11.4. The van der Waals surface area contributed by atoms with Crippen LogP contribution in [-0.4, -0.2) is 22.3 Å². The summed E-state index contributed by atoms with van der Waals surface area (Å²) in [6.45, 7) is 0. The first kappa shape index (κ1) is 13.4. The summed E-state index contributed by atoms with van der Waals surface area (Å²) >= 11 is 5.90. The number of hydrogen-bond acceptors (Lipinski definition) is 2. The third kappa shape index (κ3) is 3.03. The van der Waals surface area contributed by atoms with Gasteiger partial charge in [0.25, 0.3) is 0 Å². The molecule has 1 aromatic carbocycles. The zero-order valence-electron chi connectivity index (χ0n) is 10.1. The van der Waals surface area contributed by atoms with Gasteiger partial charge in [-0.25, -0.2) is 0 Å². The highest BCUT2D eigenvalue weighted by Gasteiger charge is 2.36. The largest absolute Gasteiger partial charge is 0.481 e. The lowest BCUT2D eigenvalue weighted by Gasteiger charge is -2.22. The summed E-state index contributed by atoms with van der Waals surface area (Å²) in [6, 6.07) is 7.26. The van der Waals surface area contributed by atoms with Crippen LogP contribution in [0.4, 0.5) is 0 Å². The van der Waals surface area contributed by atoms with Gasteiger partial charge in [-0.3, -0.25) is 4.79 Å². The Labute approximate surface area is 111 Å². The summed E-state index contributed by atoms with van der Waals surface area (Å²) in [7, 11) is 0. The quantitative estimate of drug-likeness (QED) is 0.883. The van der Waals surface area contributed by atoms with Crippen molar-refractivity contribution in [1.29, 1.82) is 0 Å². The Bertz CT molecular complexity index is 433. The molecule has 2 N–H and O–H groups in total. The molecule has 3 unspecified atom stereocenters. The molecule has 0 radical (unpaired) electrons. The Kier molecular flexibility index (Phi) is 4.25. The Morgan fingerprint density at radius 2 is 2.22 bits per heavy atom. The Morgan fingerprint density at radius 3 is 2.78 bits per heavy atom. The first-order valence-electron chi connectivity index (χ1n) is 6.23. The molecule has 4 heteroatoms. The lowest BCUT2D eigenvalue weighted by molar-refractivity contribution is -0.145. The average molecular weight is 269 g/mol. The molecule has 1 saturated carbocycles. The molecular weight excluding hydrogens is 252 g/mol. The number of aliphatic carboxylic acids is 1. The van der Waals surface area contributed by atoms with Crippen molar-refractivity contribution < 1.29 is 15.0 Å². The summed E-state index contributed by atoms with van der Waals surface area (Å²) in [5.41, 5.74) is 0.911. The molecule has 18 heavy (non-hydrogen) atoms. The summed E-state index contributed by atoms with van der Waals surface area (Å²) in [6.07, 6.45) is 2.36. The highest BCUT2D eigenvalue weighted by molar-refractivity contribution is 6.30. The van der Waals surface area contributed by atoms with E-state index in [9.17, 15) is 15.0 Å². The predicted octanol–water partition coefficient (Wildman–Crippen LogP) is 2.74. The number of aliphatic hydroxyl groups is 1. The van der Waals surface area contributed by atoms with Crippen molar-refractivity contribution in [2.45, 2.75) is 31.8 Å². The highest BCUT2D eigenvalue weighted by Crippen LogP contribution is 2.34. The van der Waals surface area contributed by atoms with E-state index in [0.717, 1.165) is 18.4 Å². The maximum Gasteiger partial charge on any atom is 0.307 e. The molecule has 0 spiro atoms. The van der Waals surface area contributed by atoms with Gasteiger partial charge in [-0.2, -0.15) is 0 Å². The monoisotopic (exact) mass is 268 g/mol. The number of aliphatic hydroxyl groups excluding tert-OH is 1. The van der Waals surface area contributed by atoms with Crippen LogP contribution in [-0.2, 0) is 11.2 Å². The zero-order chi connectivity index (χ0) is 13.1. The van der Waals surface area contributed by atoms with Gasteiger partial charge in [0.2, 0.25) is 0 Å². The van der Waals surface area contributed by atoms with E-state index in [1.165, 1.54) is 0 Å². The molecule has 3 nitrogen and oxygen atoms in total. The Hall–Kier alpha value is -1.06. The number of benzene rings is 1. The molecule has 0 amide bonds. The van der Waals surface area contributed by atoms with Gasteiger partial charge in [0, 0.05) is 5.02 Å². The molecule has 98 valence electrons. The van der Waals surface area contributed by atoms with Crippen LogP contribution in [0.25, 0.3) is 0 Å². The molecule has 1 aromatic rings. The van der Waals surface area contributed by atoms with Crippen LogP contribution < -0.4 is 0 Å². The molecule has 0 bridgehead atoms. The van der Waals surface area contributed by atoms with E-state index in [4.69, 9.17) is 11.6 Å². The molecular formula is C14H17ClO3. The van der Waals surface area contributed by atoms with Gasteiger partial charge in [-0.05, 0) is 42.9 Å². The number of rotatable bonds is 4. The van der Waals surface area contributed by atoms with Gasteiger partial charge in [0.15, 0.2) is 0 Å². The highest BCUT2D eigenvalue weighted by atomic mass is 35.5. The van der Waals surface area contributed by atoms with Crippen LogP contribution in [0.3, 0.4) is 0 Å². The van der Waals surface area contributed by atoms with E-state index in [1.54, 1.807) is 12.1 Å². The second kappa shape index (κ2) is 5.72. The van der Waals surface area contributed by atoms with Crippen LogP contribution in [0.15, 0.2) is 24.3 Å². The molecule has 0 aromatic heterocycles. The normalized spacial score (nSPS) is 25.0. The van der Waals surface area contributed by atoms with Crippen molar-refractivity contribution in [3.63, 3.8) is 0 Å². The zero-order valence-corrected chi connectivity index (χ0v) is 10.8. The molecule has 0 saturated heterocycles. The minimum absolute atomic E-state index is 0.138. The lowest BCUT2D eigenvalue weighted by Crippen LogP contribution is -2.30. The molecule has 1 aliphatic rings. The minimum Gasteiger partial charge on any atom is -0.481 e. The number of hydrogen-bond donors (Lipinski definition) is 2. The maximum absolute atomic E-state index is 11.4. The van der Waals surface area contributed by atoms with Crippen LogP contribution >= 0.6 is 11.6 Å². The van der Waals surface area contributed by atoms with Crippen molar-refractivity contribution >= 4 is 17.6 Å². The third-order valence-corrected chi connectivity index (χ3v) is 3.95. The van der Waals surface area contributed by atoms with E-state index >= 15 is 0 Å². The topological polar surface area (TPSA) is 57.5 Å². The fourth-order valence-electron chi connectivity index (χ4n) is 2.78. The average Bonchev–Trinajstić information content (AvgIpc) is 2.72. The van der Waals surface area contributed by atoms with Crippen molar-refractivity contribution in [2.75, 3.05) is 0 Å². The van der Waals surface area contributed by atoms with Gasteiger partial charge in [-0.1, -0.05) is 30.2 Å². The summed E-state index contributed by atoms with van der Waals surface area (Å²) in [5, 5.41) is 19.8.